The molecule has 1 spiro atoms. The molecule has 0 aromatic carbocycles. The highest BCUT2D eigenvalue weighted by molar-refractivity contribution is 7.89. The highest BCUT2D eigenvalue weighted by atomic mass is 32.2. The van der Waals surface area contributed by atoms with Crippen molar-refractivity contribution in [1.82, 2.24) is 14.6 Å². The molecule has 13 heteroatoms. The van der Waals surface area contributed by atoms with Gasteiger partial charge in [-0.2, -0.15) is 13.2 Å². The monoisotopic (exact) mass is 483 g/mol. The molecule has 2 N–H and O–H groups in total. The van der Waals surface area contributed by atoms with Crippen molar-refractivity contribution >= 4 is 16.0 Å². The number of carboxylic acids is 1. The predicted molar refractivity (Wildman–Crippen MR) is 109 cm³/mol. The number of nitrogens with zero attached hydrogens (tertiary/aromatic N) is 2. The zero-order valence-corrected chi connectivity index (χ0v) is 18.7. The molecule has 32 heavy (non-hydrogen) atoms. The summed E-state index contributed by atoms with van der Waals surface area (Å²) in [5.41, 5.74) is 1.03. The van der Waals surface area contributed by atoms with Crippen LogP contribution in [0.1, 0.15) is 25.3 Å². The van der Waals surface area contributed by atoms with Crippen LogP contribution in [-0.2, 0) is 26.1 Å². The van der Waals surface area contributed by atoms with E-state index in [2.05, 4.69) is 14.6 Å². The van der Waals surface area contributed by atoms with Gasteiger partial charge in [-0.25, -0.2) is 22.9 Å². The van der Waals surface area contributed by atoms with Crippen molar-refractivity contribution in [2.45, 2.75) is 38.1 Å². The van der Waals surface area contributed by atoms with Gasteiger partial charge in [0.15, 0.2) is 0 Å². The van der Waals surface area contributed by atoms with Crippen molar-refractivity contribution in [2.24, 2.45) is 5.92 Å². The van der Waals surface area contributed by atoms with Gasteiger partial charge in [0.05, 0.1) is 25.1 Å². The molecule has 0 saturated carbocycles. The number of carboxylic acid groups (broad SMARTS) is 1. The van der Waals surface area contributed by atoms with Gasteiger partial charge < -0.3 is 14.6 Å². The minimum absolute atomic E-state index is 0.0599. The Morgan fingerprint density at radius 3 is 2.59 bits per heavy atom. The van der Waals surface area contributed by atoms with E-state index in [1.165, 1.54) is 0 Å². The molecule has 1 unspecified atom stereocenters. The smallest absolute Gasteiger partial charge is 0.481 e. The quantitative estimate of drug-likeness (QED) is 0.601. The number of likely N-dealkylation sites (tertiary alicyclic amines) is 1. The van der Waals surface area contributed by atoms with Crippen LogP contribution >= 0.6 is 0 Å². The molecule has 2 saturated heterocycles. The first-order valence-corrected chi connectivity index (χ1v) is 11.7. The Morgan fingerprint density at radius 2 is 2.09 bits per heavy atom. The van der Waals surface area contributed by atoms with E-state index < -0.39 is 22.2 Å². The number of aliphatic carboxylic acids is 1. The molecular weight excluding hydrogens is 455 g/mol. The number of methoxy groups -OCH3 is 1. The van der Waals surface area contributed by atoms with E-state index in [0.29, 0.717) is 19.0 Å². The number of aromatic nitrogens is 1. The molecule has 0 aliphatic carbocycles. The average molecular weight is 484 g/mol. The molecule has 3 rings (SSSR count). The normalized spacial score (nSPS) is 20.7. The van der Waals surface area contributed by atoms with Crippen molar-refractivity contribution in [2.75, 3.05) is 39.1 Å². The fourth-order valence-corrected chi connectivity index (χ4v) is 4.22. The summed E-state index contributed by atoms with van der Waals surface area (Å²) in [5.74, 6) is -1.69. The molecule has 2 aliphatic heterocycles. The van der Waals surface area contributed by atoms with Crippen molar-refractivity contribution < 1.29 is 41.0 Å². The second kappa shape index (κ2) is 10.8. The molecule has 1 atom stereocenters. The molecule has 9 nitrogen and oxygen atoms in total. The van der Waals surface area contributed by atoms with Crippen LogP contribution in [0.3, 0.4) is 0 Å². The van der Waals surface area contributed by atoms with Gasteiger partial charge in [-0.3, -0.25) is 4.90 Å². The van der Waals surface area contributed by atoms with Crippen LogP contribution in [0.2, 0.25) is 0 Å². The minimum atomic E-state index is -5.08. The lowest BCUT2D eigenvalue weighted by atomic mass is 9.83. The molecule has 0 bridgehead atoms. The van der Waals surface area contributed by atoms with Crippen molar-refractivity contribution in [3.05, 3.63) is 23.9 Å². The SMILES string of the molecule is CCS(=O)(=O)NCC1CCC2(CN(Cc3cccnc3OC)C2)OC1.O=C(O)C(F)(F)F. The minimum Gasteiger partial charge on any atom is -0.481 e. The molecule has 1 aromatic heterocycles. The summed E-state index contributed by atoms with van der Waals surface area (Å²) in [4.78, 5) is 15.5. The van der Waals surface area contributed by atoms with Crippen molar-refractivity contribution in [1.29, 1.82) is 0 Å². The Kier molecular flexibility index (Phi) is 8.85. The Balaban J connectivity index is 0.000000451. The molecular formula is C19H28F3N3O6S. The number of sulfonamides is 1. The lowest BCUT2D eigenvalue weighted by molar-refractivity contribution is -0.192. The van der Waals surface area contributed by atoms with Crippen LogP contribution in [0.4, 0.5) is 13.2 Å². The number of rotatable bonds is 7. The van der Waals surface area contributed by atoms with E-state index in [1.54, 1.807) is 20.2 Å². The molecule has 3 heterocycles. The summed E-state index contributed by atoms with van der Waals surface area (Å²) in [5, 5.41) is 7.12. The fourth-order valence-electron chi connectivity index (χ4n) is 3.52. The summed E-state index contributed by atoms with van der Waals surface area (Å²) >= 11 is 0. The number of nitrogens with one attached hydrogen (secondary N) is 1. The largest absolute Gasteiger partial charge is 0.490 e. The number of alkyl halides is 3. The van der Waals surface area contributed by atoms with Gasteiger partial charge in [0, 0.05) is 37.9 Å². The van der Waals surface area contributed by atoms with Gasteiger partial charge in [0.1, 0.15) is 0 Å². The van der Waals surface area contributed by atoms with Gasteiger partial charge >= 0.3 is 12.1 Å². The maximum atomic E-state index is 11.5. The summed E-state index contributed by atoms with van der Waals surface area (Å²) in [6.07, 6.45) is -1.38. The number of carbonyl (C=O) groups is 1. The maximum absolute atomic E-state index is 11.5. The molecule has 2 fully saturated rings. The predicted octanol–water partition coefficient (Wildman–Crippen LogP) is 1.64. The van der Waals surface area contributed by atoms with E-state index in [9.17, 15) is 21.6 Å². The third-order valence-corrected chi connectivity index (χ3v) is 6.68. The molecule has 182 valence electrons. The van der Waals surface area contributed by atoms with Crippen molar-refractivity contribution in [3.63, 3.8) is 0 Å². The zero-order valence-electron chi connectivity index (χ0n) is 17.9. The maximum Gasteiger partial charge on any atom is 0.490 e. The second-order valence-corrected chi connectivity index (χ2v) is 9.87. The van der Waals surface area contributed by atoms with Crippen LogP contribution in [0, 0.1) is 5.92 Å². The fraction of sp³-hybridized carbons (Fsp3) is 0.684. The van der Waals surface area contributed by atoms with Gasteiger partial charge in [0.2, 0.25) is 15.9 Å². The van der Waals surface area contributed by atoms with Crippen LogP contribution < -0.4 is 9.46 Å². The van der Waals surface area contributed by atoms with Crippen molar-refractivity contribution in [3.8, 4) is 5.88 Å². The van der Waals surface area contributed by atoms with Gasteiger partial charge in [-0.05, 0) is 31.7 Å². The first kappa shape index (κ1) is 26.3. The van der Waals surface area contributed by atoms with Gasteiger partial charge in [0.25, 0.3) is 0 Å². The first-order valence-electron chi connectivity index (χ1n) is 10.0. The van der Waals surface area contributed by atoms with Crippen LogP contribution in [-0.4, -0.2) is 80.3 Å². The third kappa shape index (κ3) is 7.57. The standard InChI is InChI=1S/C17H27N3O4S.C2HF3O2/c1-3-25(21,22)19-9-14-6-7-17(24-11-14)12-20(13-17)10-15-5-4-8-18-16(15)23-2;3-2(4,5)1(6)7/h4-5,8,14,19H,3,6-7,9-13H2,1-2H3;(H,6,7). The summed E-state index contributed by atoms with van der Waals surface area (Å²) in [6.45, 7) is 5.35. The van der Waals surface area contributed by atoms with Crippen LogP contribution in [0.15, 0.2) is 18.3 Å². The number of hydrogen-bond donors (Lipinski definition) is 2. The Morgan fingerprint density at radius 1 is 1.44 bits per heavy atom. The molecule has 0 radical (unpaired) electrons. The Bertz CT molecular complexity index is 865. The Labute approximate surface area is 185 Å². The van der Waals surface area contributed by atoms with E-state index in [4.69, 9.17) is 19.4 Å². The number of ether oxygens (including phenoxy) is 2. The lowest BCUT2D eigenvalue weighted by Crippen LogP contribution is -2.64. The van der Waals surface area contributed by atoms with Gasteiger partial charge in [-0.1, -0.05) is 6.07 Å². The number of pyridine rings is 1. The highest BCUT2D eigenvalue weighted by Gasteiger charge is 2.46. The average Bonchev–Trinajstić information content (AvgIpc) is 2.72. The van der Waals surface area contributed by atoms with E-state index in [1.807, 2.05) is 12.1 Å². The third-order valence-electron chi connectivity index (χ3n) is 5.31. The number of halogens is 3. The van der Waals surface area contributed by atoms with E-state index in [0.717, 1.165) is 38.0 Å². The summed E-state index contributed by atoms with van der Waals surface area (Å²) in [6, 6.07) is 3.96. The second-order valence-electron chi connectivity index (χ2n) is 7.77. The molecule has 2 aliphatic rings. The zero-order chi connectivity index (χ0) is 24.0. The molecule has 0 amide bonds. The summed E-state index contributed by atoms with van der Waals surface area (Å²) < 4.78 is 68.9. The van der Waals surface area contributed by atoms with Crippen LogP contribution in [0.25, 0.3) is 0 Å². The molecule has 1 aromatic rings. The van der Waals surface area contributed by atoms with E-state index >= 15 is 0 Å². The first-order chi connectivity index (χ1) is 14.9. The van der Waals surface area contributed by atoms with E-state index in [-0.39, 0.29) is 17.3 Å². The topological polar surface area (TPSA) is 118 Å². The van der Waals surface area contributed by atoms with Gasteiger partial charge in [-0.15, -0.1) is 0 Å². The lowest BCUT2D eigenvalue weighted by Gasteiger charge is -2.53. The summed E-state index contributed by atoms with van der Waals surface area (Å²) in [7, 11) is -1.48. The highest BCUT2D eigenvalue weighted by Crippen LogP contribution is 2.37. The Hall–Kier alpha value is -1.96. The number of hydrogen-bond acceptors (Lipinski definition) is 7. The van der Waals surface area contributed by atoms with Crippen LogP contribution in [0.5, 0.6) is 5.88 Å².